The maximum absolute atomic E-state index is 12.8. The molecule has 0 spiro atoms. The van der Waals surface area contributed by atoms with Gasteiger partial charge in [0.15, 0.2) is 0 Å². The van der Waals surface area contributed by atoms with Crippen LogP contribution in [0, 0.1) is 0 Å². The largest absolute Gasteiger partial charge is 0.496 e. The maximum atomic E-state index is 12.8. The van der Waals surface area contributed by atoms with Crippen molar-refractivity contribution in [1.29, 1.82) is 0 Å². The van der Waals surface area contributed by atoms with Gasteiger partial charge in [-0.25, -0.2) is 0 Å². The molecule has 0 saturated heterocycles. The first kappa shape index (κ1) is 19.3. The Bertz CT molecular complexity index is 752. The number of nitrogens with one attached hydrogen (secondary N) is 2. The Morgan fingerprint density at radius 2 is 1.58 bits per heavy atom. The van der Waals surface area contributed by atoms with Crippen LogP contribution in [0.3, 0.4) is 0 Å². The van der Waals surface area contributed by atoms with Gasteiger partial charge in [0.05, 0.1) is 25.5 Å². The van der Waals surface area contributed by atoms with E-state index < -0.39 is 5.91 Å². The van der Waals surface area contributed by atoms with Gasteiger partial charge >= 0.3 is 0 Å². The third-order valence-corrected chi connectivity index (χ3v) is 3.89. The second-order valence-corrected chi connectivity index (χ2v) is 5.65. The van der Waals surface area contributed by atoms with E-state index >= 15 is 0 Å². The second kappa shape index (κ2) is 9.46. The highest BCUT2D eigenvalue weighted by Gasteiger charge is 2.20. The number of amides is 2. The summed E-state index contributed by atoms with van der Waals surface area (Å²) < 4.78 is 10.5. The Morgan fingerprint density at radius 3 is 2.19 bits per heavy atom. The summed E-state index contributed by atoms with van der Waals surface area (Å²) in [5.41, 5.74) is 1.11. The van der Waals surface area contributed by atoms with Crippen molar-refractivity contribution in [3.8, 4) is 11.5 Å². The van der Waals surface area contributed by atoms with Crippen LogP contribution in [-0.4, -0.2) is 32.6 Å². The lowest BCUT2D eigenvalue weighted by atomic mass is 10.1. The molecule has 2 amide bonds. The zero-order chi connectivity index (χ0) is 18.9. The summed E-state index contributed by atoms with van der Waals surface area (Å²) in [6.07, 6.45) is 1.89. The third-order valence-electron chi connectivity index (χ3n) is 3.89. The number of unbranched alkanes of at least 4 members (excludes halogenated alkanes) is 1. The molecule has 0 atom stereocenters. The number of rotatable bonds is 8. The Kier molecular flexibility index (Phi) is 7.02. The van der Waals surface area contributed by atoms with E-state index in [-0.39, 0.29) is 11.5 Å². The summed E-state index contributed by atoms with van der Waals surface area (Å²) in [5.74, 6) is 0.160. The summed E-state index contributed by atoms with van der Waals surface area (Å²) >= 11 is 0. The molecule has 0 bridgehead atoms. The van der Waals surface area contributed by atoms with Crippen LogP contribution in [0.15, 0.2) is 42.5 Å². The molecule has 2 aromatic carbocycles. The smallest absolute Gasteiger partial charge is 0.263 e. The molecule has 6 heteroatoms. The first-order valence-corrected chi connectivity index (χ1v) is 8.52. The number of hydrogen-bond acceptors (Lipinski definition) is 4. The van der Waals surface area contributed by atoms with Crippen LogP contribution in [0.4, 0.5) is 5.69 Å². The lowest BCUT2D eigenvalue weighted by Gasteiger charge is -2.15. The highest BCUT2D eigenvalue weighted by Crippen LogP contribution is 2.29. The minimum atomic E-state index is -0.409. The summed E-state index contributed by atoms with van der Waals surface area (Å²) in [7, 11) is 2.97. The van der Waals surface area contributed by atoms with Gasteiger partial charge in [-0.1, -0.05) is 31.5 Å². The zero-order valence-corrected chi connectivity index (χ0v) is 15.3. The van der Waals surface area contributed by atoms with Crippen molar-refractivity contribution in [2.24, 2.45) is 0 Å². The standard InChI is InChI=1S/C20H24N2O4/c1-4-5-13-21-19(23)14-9-6-7-10-15(14)22-20(24)18-16(25-2)11-8-12-17(18)26-3/h6-12H,4-5,13H2,1-3H3,(H,21,23)(H,22,24). The quantitative estimate of drug-likeness (QED) is 0.710. The molecule has 2 aromatic rings. The molecular formula is C20H24N2O4. The van der Waals surface area contributed by atoms with E-state index in [2.05, 4.69) is 17.6 Å². The van der Waals surface area contributed by atoms with Gasteiger partial charge in [-0.2, -0.15) is 0 Å². The van der Waals surface area contributed by atoms with Gasteiger partial charge in [0.2, 0.25) is 0 Å². The Balaban J connectivity index is 2.27. The number of methoxy groups -OCH3 is 2. The Morgan fingerprint density at radius 1 is 0.923 bits per heavy atom. The summed E-state index contributed by atoms with van der Waals surface area (Å²) in [6.45, 7) is 2.65. The van der Waals surface area contributed by atoms with Gasteiger partial charge in [-0.3, -0.25) is 9.59 Å². The molecule has 0 radical (unpaired) electrons. The van der Waals surface area contributed by atoms with Crippen molar-refractivity contribution in [2.45, 2.75) is 19.8 Å². The fourth-order valence-corrected chi connectivity index (χ4v) is 2.52. The molecule has 0 fully saturated rings. The summed E-state index contributed by atoms with van der Waals surface area (Å²) in [5, 5.41) is 5.65. The van der Waals surface area contributed by atoms with Gasteiger partial charge in [-0.15, -0.1) is 0 Å². The summed E-state index contributed by atoms with van der Waals surface area (Å²) in [6, 6.07) is 12.0. The van der Waals surface area contributed by atoms with Crippen molar-refractivity contribution >= 4 is 17.5 Å². The second-order valence-electron chi connectivity index (χ2n) is 5.65. The van der Waals surface area contributed by atoms with E-state index in [9.17, 15) is 9.59 Å². The highest BCUT2D eigenvalue weighted by atomic mass is 16.5. The molecule has 0 unspecified atom stereocenters. The lowest BCUT2D eigenvalue weighted by molar-refractivity contribution is 0.0954. The first-order chi connectivity index (χ1) is 12.6. The highest BCUT2D eigenvalue weighted by molar-refractivity contribution is 6.11. The van der Waals surface area contributed by atoms with Gasteiger partial charge < -0.3 is 20.1 Å². The van der Waals surface area contributed by atoms with Crippen LogP contribution >= 0.6 is 0 Å². The Labute approximate surface area is 153 Å². The average molecular weight is 356 g/mol. The van der Waals surface area contributed by atoms with Gasteiger partial charge in [0, 0.05) is 6.54 Å². The van der Waals surface area contributed by atoms with Crippen LogP contribution in [0.1, 0.15) is 40.5 Å². The summed E-state index contributed by atoms with van der Waals surface area (Å²) in [4.78, 5) is 25.2. The maximum Gasteiger partial charge on any atom is 0.263 e. The number of para-hydroxylation sites is 1. The van der Waals surface area contributed by atoms with Crippen molar-refractivity contribution in [3.63, 3.8) is 0 Å². The fourth-order valence-electron chi connectivity index (χ4n) is 2.52. The van der Waals surface area contributed by atoms with Crippen LogP contribution in [0.5, 0.6) is 11.5 Å². The molecule has 0 aromatic heterocycles. The zero-order valence-electron chi connectivity index (χ0n) is 15.3. The van der Waals surface area contributed by atoms with Crippen molar-refractivity contribution in [2.75, 3.05) is 26.1 Å². The number of carbonyl (C=O) groups is 2. The SMILES string of the molecule is CCCCNC(=O)c1ccccc1NC(=O)c1c(OC)cccc1OC. The number of anilines is 1. The molecule has 6 nitrogen and oxygen atoms in total. The molecule has 0 saturated carbocycles. The van der Waals surface area contributed by atoms with Crippen molar-refractivity contribution in [3.05, 3.63) is 53.6 Å². The predicted molar refractivity (Wildman–Crippen MR) is 101 cm³/mol. The van der Waals surface area contributed by atoms with E-state index in [1.165, 1.54) is 14.2 Å². The molecule has 0 aliphatic heterocycles. The number of benzene rings is 2. The molecule has 0 heterocycles. The van der Waals surface area contributed by atoms with E-state index in [4.69, 9.17) is 9.47 Å². The molecule has 2 rings (SSSR count). The fraction of sp³-hybridized carbons (Fsp3) is 0.300. The van der Waals surface area contributed by atoms with E-state index in [1.54, 1.807) is 42.5 Å². The molecule has 2 N–H and O–H groups in total. The van der Waals surface area contributed by atoms with Gasteiger partial charge in [0.25, 0.3) is 11.8 Å². The van der Waals surface area contributed by atoms with Gasteiger partial charge in [-0.05, 0) is 30.7 Å². The topological polar surface area (TPSA) is 76.7 Å². The van der Waals surface area contributed by atoms with E-state index in [0.29, 0.717) is 29.3 Å². The normalized spacial score (nSPS) is 10.1. The monoisotopic (exact) mass is 356 g/mol. The minimum Gasteiger partial charge on any atom is -0.496 e. The third kappa shape index (κ3) is 4.53. The lowest BCUT2D eigenvalue weighted by Crippen LogP contribution is -2.26. The van der Waals surface area contributed by atoms with Crippen LogP contribution in [0.25, 0.3) is 0 Å². The molecule has 26 heavy (non-hydrogen) atoms. The molecule has 0 aliphatic rings. The first-order valence-electron chi connectivity index (χ1n) is 8.52. The molecular weight excluding hydrogens is 332 g/mol. The molecule has 138 valence electrons. The average Bonchev–Trinajstić information content (AvgIpc) is 2.67. The van der Waals surface area contributed by atoms with Crippen molar-refractivity contribution in [1.82, 2.24) is 5.32 Å². The van der Waals surface area contributed by atoms with E-state index in [1.807, 2.05) is 0 Å². The van der Waals surface area contributed by atoms with Crippen LogP contribution in [0.2, 0.25) is 0 Å². The van der Waals surface area contributed by atoms with Gasteiger partial charge in [0.1, 0.15) is 17.1 Å². The van der Waals surface area contributed by atoms with E-state index in [0.717, 1.165) is 12.8 Å². The minimum absolute atomic E-state index is 0.221. The number of hydrogen-bond donors (Lipinski definition) is 2. The van der Waals surface area contributed by atoms with Crippen LogP contribution < -0.4 is 20.1 Å². The number of carbonyl (C=O) groups excluding carboxylic acids is 2. The Hall–Kier alpha value is -3.02. The van der Waals surface area contributed by atoms with Crippen LogP contribution in [-0.2, 0) is 0 Å². The van der Waals surface area contributed by atoms with Crippen molar-refractivity contribution < 1.29 is 19.1 Å². The predicted octanol–water partition coefficient (Wildman–Crippen LogP) is 3.49. The number of ether oxygens (including phenoxy) is 2. The molecule has 0 aliphatic carbocycles.